The molecule has 2 amide bonds. The molecule has 2 atom stereocenters. The number of halogens is 4. The second-order valence-corrected chi connectivity index (χ2v) is 22.2. The number of nitrogens with zero attached hydrogens (tertiary/aromatic N) is 6. The first-order valence-corrected chi connectivity index (χ1v) is 27.1. The van der Waals surface area contributed by atoms with Crippen LogP contribution in [0.15, 0.2) is 33.3 Å². The summed E-state index contributed by atoms with van der Waals surface area (Å²) >= 11 is 13.8. The number of ether oxygens (including phenoxy) is 1. The number of anilines is 2. The number of rotatable bonds is 18. The van der Waals surface area contributed by atoms with Gasteiger partial charge in [-0.15, -0.1) is 0 Å². The molecule has 2 saturated heterocycles. The van der Waals surface area contributed by atoms with Gasteiger partial charge < -0.3 is 34.2 Å². The molecule has 4 heterocycles. The summed E-state index contributed by atoms with van der Waals surface area (Å²) in [6.45, 7) is 9.79. The van der Waals surface area contributed by atoms with Crippen molar-refractivity contribution >= 4 is 80.4 Å². The minimum absolute atomic E-state index is 0.0682. The van der Waals surface area contributed by atoms with Crippen LogP contribution in [0.25, 0.3) is 21.9 Å². The van der Waals surface area contributed by atoms with Crippen molar-refractivity contribution in [1.29, 1.82) is 0 Å². The monoisotopic (exact) mass is 1000 g/mol. The number of methoxy groups -OCH3 is 1. The summed E-state index contributed by atoms with van der Waals surface area (Å²) in [4.78, 5) is 37.4. The van der Waals surface area contributed by atoms with E-state index in [1.807, 2.05) is 0 Å². The molecule has 3 saturated carbocycles. The van der Waals surface area contributed by atoms with E-state index in [2.05, 4.69) is 46.8 Å². The number of hydrogen-bond donors (Lipinski definition) is 2. The maximum atomic E-state index is 14.3. The highest BCUT2D eigenvalue weighted by Gasteiger charge is 2.44. The van der Waals surface area contributed by atoms with Crippen molar-refractivity contribution in [1.82, 2.24) is 30.7 Å². The maximum Gasteiger partial charge on any atom is 0.224 e. The minimum atomic E-state index is -0.507. The third-order valence-corrected chi connectivity index (χ3v) is 17.7. The summed E-state index contributed by atoms with van der Waals surface area (Å²) < 4.78 is 44.1. The predicted molar refractivity (Wildman–Crippen MR) is 266 cm³/mol. The van der Waals surface area contributed by atoms with Gasteiger partial charge in [0, 0.05) is 102 Å². The average Bonchev–Trinajstić information content (AvgIpc) is 3.93. The Kier molecular flexibility index (Phi) is 16.6. The molecule has 68 heavy (non-hydrogen) atoms. The van der Waals surface area contributed by atoms with Gasteiger partial charge in [-0.2, -0.15) is 11.8 Å². The van der Waals surface area contributed by atoms with Gasteiger partial charge in [-0.1, -0.05) is 33.5 Å². The first-order chi connectivity index (χ1) is 33.0. The highest BCUT2D eigenvalue weighted by molar-refractivity contribution is 7.99. The van der Waals surface area contributed by atoms with E-state index in [-0.39, 0.29) is 51.0 Å². The topological polar surface area (TPSA) is 132 Å². The van der Waals surface area contributed by atoms with Crippen LogP contribution in [-0.4, -0.2) is 135 Å². The number of hydrogen-bond acceptors (Lipinski definition) is 12. The van der Waals surface area contributed by atoms with E-state index < -0.39 is 11.6 Å². The zero-order valence-corrected chi connectivity index (χ0v) is 41.9. The van der Waals surface area contributed by atoms with Gasteiger partial charge in [0.1, 0.15) is 11.6 Å². The maximum absolute atomic E-state index is 14.3. The Bertz CT molecular complexity index is 2320. The summed E-state index contributed by atoms with van der Waals surface area (Å²) in [5.74, 6) is 2.43. The molecule has 2 N–H and O–H groups in total. The minimum Gasteiger partial charge on any atom is -0.384 e. The van der Waals surface area contributed by atoms with Gasteiger partial charge in [-0.25, -0.2) is 8.78 Å². The molecule has 4 aromatic rings. The Morgan fingerprint density at radius 1 is 0.721 bits per heavy atom. The van der Waals surface area contributed by atoms with Crippen LogP contribution in [0.1, 0.15) is 83.5 Å². The lowest BCUT2D eigenvalue weighted by Gasteiger charge is -2.43. The summed E-state index contributed by atoms with van der Waals surface area (Å²) in [6, 6.07) is 6.15. The average molecular weight is 1000 g/mol. The Labute approximate surface area is 413 Å². The number of carbonyl (C=O) groups is 2. The standard InChI is InChI=1S/C50H68Cl2F2N8O5S/c1-65-30-33-23-34(24-33)47(50(64)56-36-9-5-32(6-10-36)12-14-60-17-21-62(22-18-60)49-38-26-40(52)42(54)28-44(38)67-58-49)45(68-2)29-46(63)55-35-7-3-31(4-8-35)11-13-59-15-19-61(20-16-59)48-37-25-39(51)41(53)27-43(37)66-57-48/h25-28,31-36,45,47H,3-24,29-30H2,1-2H3,(H,55,63)(H,56,64). The van der Waals surface area contributed by atoms with Crippen molar-refractivity contribution in [3.63, 3.8) is 0 Å². The molecule has 2 aromatic carbocycles. The zero-order chi connectivity index (χ0) is 47.3. The van der Waals surface area contributed by atoms with Crippen molar-refractivity contribution in [3.8, 4) is 0 Å². The van der Waals surface area contributed by atoms with E-state index in [0.29, 0.717) is 41.9 Å². The summed E-state index contributed by atoms with van der Waals surface area (Å²) in [6.07, 6.45) is 15.0. The third-order valence-electron chi connectivity index (χ3n) is 16.0. The molecule has 0 bridgehead atoms. The number of thioether (sulfide) groups is 1. The second-order valence-electron chi connectivity index (χ2n) is 20.3. The van der Waals surface area contributed by atoms with Crippen molar-refractivity contribution in [2.75, 3.05) is 95.2 Å². The summed E-state index contributed by atoms with van der Waals surface area (Å²) in [5, 5.41) is 16.9. The van der Waals surface area contributed by atoms with Crippen molar-refractivity contribution in [3.05, 3.63) is 45.9 Å². The van der Waals surface area contributed by atoms with E-state index in [1.54, 1.807) is 31.0 Å². The molecule has 13 nitrogen and oxygen atoms in total. The fourth-order valence-corrected chi connectivity index (χ4v) is 13.1. The van der Waals surface area contributed by atoms with Crippen LogP contribution in [0.4, 0.5) is 20.4 Å². The van der Waals surface area contributed by atoms with Gasteiger partial charge in [0.25, 0.3) is 0 Å². The van der Waals surface area contributed by atoms with Crippen LogP contribution in [0.3, 0.4) is 0 Å². The van der Waals surface area contributed by atoms with Crippen LogP contribution in [0.5, 0.6) is 0 Å². The number of aromatic nitrogens is 2. The first-order valence-electron chi connectivity index (χ1n) is 25.1. The molecule has 2 aromatic heterocycles. The lowest BCUT2D eigenvalue weighted by atomic mass is 9.67. The Morgan fingerprint density at radius 3 is 1.65 bits per heavy atom. The van der Waals surface area contributed by atoms with Gasteiger partial charge in [0.2, 0.25) is 11.8 Å². The van der Waals surface area contributed by atoms with Crippen LogP contribution in [-0.2, 0) is 14.3 Å². The molecule has 9 rings (SSSR count). The Morgan fingerprint density at radius 2 is 1.19 bits per heavy atom. The highest BCUT2D eigenvalue weighted by Crippen LogP contribution is 2.44. The molecule has 3 aliphatic carbocycles. The SMILES string of the molecule is COCC1CC(C(C(=O)NC2CCC(CCN3CCN(c4noc5cc(F)c(Cl)cc45)CC3)CC2)C(CC(=O)NC2CCC(CCN3CCN(c4noc5cc(F)c(Cl)cc45)CC3)CC2)SC)C1. The van der Waals surface area contributed by atoms with E-state index in [0.717, 1.165) is 165 Å². The largest absolute Gasteiger partial charge is 0.384 e. The molecule has 2 aliphatic heterocycles. The van der Waals surface area contributed by atoms with E-state index in [9.17, 15) is 18.4 Å². The number of fused-ring (bicyclic) bond motifs is 2. The lowest BCUT2D eigenvalue weighted by molar-refractivity contribution is -0.130. The van der Waals surface area contributed by atoms with E-state index in [1.165, 1.54) is 12.1 Å². The van der Waals surface area contributed by atoms with Gasteiger partial charge >= 0.3 is 0 Å². The van der Waals surface area contributed by atoms with Crippen molar-refractivity contribution < 1.29 is 32.2 Å². The van der Waals surface area contributed by atoms with Gasteiger partial charge in [-0.3, -0.25) is 19.4 Å². The fraction of sp³-hybridized carbons (Fsp3) is 0.680. The van der Waals surface area contributed by atoms with Gasteiger partial charge in [-0.05, 0) is 132 Å². The van der Waals surface area contributed by atoms with Gasteiger partial charge in [0.05, 0.1) is 26.7 Å². The molecule has 0 radical (unpaired) electrons. The molecule has 5 fully saturated rings. The molecule has 5 aliphatic rings. The van der Waals surface area contributed by atoms with Gasteiger partial charge in [0.15, 0.2) is 22.8 Å². The summed E-state index contributed by atoms with van der Waals surface area (Å²) in [7, 11) is 1.74. The zero-order valence-electron chi connectivity index (χ0n) is 39.5. The first kappa shape index (κ1) is 49.6. The van der Waals surface area contributed by atoms with Crippen molar-refractivity contribution in [2.45, 2.75) is 101 Å². The quantitative estimate of drug-likeness (QED) is 0.0986. The molecule has 0 spiro atoms. The van der Waals surface area contributed by atoms with E-state index >= 15 is 0 Å². The Hall–Kier alpha value is -3.41. The smallest absolute Gasteiger partial charge is 0.224 e. The number of benzene rings is 2. The number of amides is 2. The van der Waals surface area contributed by atoms with Crippen LogP contribution in [0, 0.1) is 41.2 Å². The molecular formula is C50H68Cl2F2N8O5S. The van der Waals surface area contributed by atoms with Crippen LogP contribution >= 0.6 is 35.0 Å². The fourth-order valence-electron chi connectivity index (χ4n) is 11.8. The second kappa shape index (κ2) is 22.8. The normalized spacial score (nSPS) is 26.2. The molecule has 18 heteroatoms. The Balaban J connectivity index is 0.682. The number of carbonyl (C=O) groups excluding carboxylic acids is 2. The number of piperazine rings is 2. The van der Waals surface area contributed by atoms with Crippen molar-refractivity contribution in [2.24, 2.45) is 29.6 Å². The molecular weight excluding hydrogens is 934 g/mol. The number of nitrogens with one attached hydrogen (secondary N) is 2. The summed E-state index contributed by atoms with van der Waals surface area (Å²) in [5.41, 5.74) is 0.817. The molecule has 2 unspecified atom stereocenters. The van der Waals surface area contributed by atoms with Crippen LogP contribution < -0.4 is 20.4 Å². The third kappa shape index (κ3) is 11.8. The van der Waals surface area contributed by atoms with E-state index in [4.69, 9.17) is 37.0 Å². The highest BCUT2D eigenvalue weighted by atomic mass is 35.5. The van der Waals surface area contributed by atoms with Crippen LogP contribution in [0.2, 0.25) is 10.0 Å². The molecule has 372 valence electrons. The predicted octanol–water partition coefficient (Wildman–Crippen LogP) is 9.04. The lowest BCUT2D eigenvalue weighted by Crippen LogP contribution is -2.50.